The standard InChI is InChI=1S/C16H25Cl2N/c1-3-7-13(19-12-4-2)8-5-9-14-15(17)10-6-11-16(14)18/h6,10-11,13,19H,3-5,7-9,12H2,1-2H3. The molecule has 0 saturated heterocycles. The minimum absolute atomic E-state index is 0.631. The van der Waals surface area contributed by atoms with Crippen molar-refractivity contribution < 1.29 is 0 Å². The average molecular weight is 302 g/mol. The van der Waals surface area contributed by atoms with Crippen molar-refractivity contribution in [2.24, 2.45) is 0 Å². The molecule has 19 heavy (non-hydrogen) atoms. The number of hydrogen-bond acceptors (Lipinski definition) is 1. The molecule has 1 nitrogen and oxygen atoms in total. The van der Waals surface area contributed by atoms with E-state index >= 15 is 0 Å². The van der Waals surface area contributed by atoms with Gasteiger partial charge in [-0.25, -0.2) is 0 Å². The number of rotatable bonds is 9. The SMILES string of the molecule is CCCNC(CCC)CCCc1c(Cl)cccc1Cl. The van der Waals surface area contributed by atoms with Crippen LogP contribution in [0.4, 0.5) is 0 Å². The predicted octanol–water partition coefficient (Wildman–Crippen LogP) is 5.48. The van der Waals surface area contributed by atoms with Crippen molar-refractivity contribution in [1.29, 1.82) is 0 Å². The van der Waals surface area contributed by atoms with Gasteiger partial charge in [-0.1, -0.05) is 49.5 Å². The molecule has 0 heterocycles. The van der Waals surface area contributed by atoms with Crippen molar-refractivity contribution in [3.63, 3.8) is 0 Å². The van der Waals surface area contributed by atoms with E-state index in [1.807, 2.05) is 18.2 Å². The molecule has 1 rings (SSSR count). The van der Waals surface area contributed by atoms with E-state index in [4.69, 9.17) is 23.2 Å². The summed E-state index contributed by atoms with van der Waals surface area (Å²) in [5, 5.41) is 5.21. The van der Waals surface area contributed by atoms with Gasteiger partial charge in [-0.2, -0.15) is 0 Å². The highest BCUT2D eigenvalue weighted by atomic mass is 35.5. The lowest BCUT2D eigenvalue weighted by Gasteiger charge is -2.18. The largest absolute Gasteiger partial charge is 0.314 e. The Bertz CT molecular complexity index is 346. The van der Waals surface area contributed by atoms with E-state index < -0.39 is 0 Å². The van der Waals surface area contributed by atoms with Crippen LogP contribution in [0.5, 0.6) is 0 Å². The zero-order valence-electron chi connectivity index (χ0n) is 12.0. The predicted molar refractivity (Wildman–Crippen MR) is 86.4 cm³/mol. The van der Waals surface area contributed by atoms with Crippen molar-refractivity contribution in [3.8, 4) is 0 Å². The van der Waals surface area contributed by atoms with Gasteiger partial charge in [0.05, 0.1) is 0 Å². The van der Waals surface area contributed by atoms with E-state index in [0.717, 1.165) is 35.0 Å². The molecule has 0 aliphatic rings. The summed E-state index contributed by atoms with van der Waals surface area (Å²) in [6, 6.07) is 6.37. The minimum atomic E-state index is 0.631. The van der Waals surface area contributed by atoms with Gasteiger partial charge < -0.3 is 5.32 Å². The third-order valence-electron chi connectivity index (χ3n) is 3.36. The van der Waals surface area contributed by atoms with Crippen LogP contribution in [0.25, 0.3) is 0 Å². The van der Waals surface area contributed by atoms with Gasteiger partial charge in [0.1, 0.15) is 0 Å². The van der Waals surface area contributed by atoms with Crippen molar-refractivity contribution in [3.05, 3.63) is 33.8 Å². The second-order valence-corrected chi connectivity index (χ2v) is 5.85. The lowest BCUT2D eigenvalue weighted by atomic mass is 10.0. The molecule has 0 saturated carbocycles. The third-order valence-corrected chi connectivity index (χ3v) is 4.07. The Balaban J connectivity index is 2.42. The molecule has 0 spiro atoms. The van der Waals surface area contributed by atoms with Crippen LogP contribution in [0.2, 0.25) is 10.0 Å². The molecule has 0 radical (unpaired) electrons. The van der Waals surface area contributed by atoms with Crippen LogP contribution in [0.1, 0.15) is 51.5 Å². The molecule has 1 atom stereocenters. The van der Waals surface area contributed by atoms with Crippen molar-refractivity contribution in [2.75, 3.05) is 6.54 Å². The summed E-state index contributed by atoms with van der Waals surface area (Å²) in [6.45, 7) is 5.56. The monoisotopic (exact) mass is 301 g/mol. The number of hydrogen-bond donors (Lipinski definition) is 1. The van der Waals surface area contributed by atoms with E-state index in [2.05, 4.69) is 19.2 Å². The Morgan fingerprint density at radius 3 is 2.32 bits per heavy atom. The van der Waals surface area contributed by atoms with E-state index in [1.165, 1.54) is 25.7 Å². The molecule has 0 aliphatic carbocycles. The zero-order valence-corrected chi connectivity index (χ0v) is 13.5. The molecule has 1 unspecified atom stereocenters. The normalized spacial score (nSPS) is 12.6. The van der Waals surface area contributed by atoms with Crippen LogP contribution in [0.3, 0.4) is 0 Å². The van der Waals surface area contributed by atoms with Gasteiger partial charge in [-0.05, 0) is 56.3 Å². The number of benzene rings is 1. The van der Waals surface area contributed by atoms with E-state index in [1.54, 1.807) is 0 Å². The van der Waals surface area contributed by atoms with Crippen molar-refractivity contribution in [2.45, 2.75) is 58.4 Å². The topological polar surface area (TPSA) is 12.0 Å². The molecule has 3 heteroatoms. The fourth-order valence-electron chi connectivity index (χ4n) is 2.34. The second kappa shape index (κ2) is 9.63. The molecule has 1 aromatic carbocycles. The third kappa shape index (κ3) is 6.16. The Labute approximate surface area is 127 Å². The van der Waals surface area contributed by atoms with Crippen molar-refractivity contribution >= 4 is 23.2 Å². The molecule has 1 aromatic rings. The molecule has 0 amide bonds. The summed E-state index contributed by atoms with van der Waals surface area (Å²) in [4.78, 5) is 0. The van der Waals surface area contributed by atoms with E-state index in [0.29, 0.717) is 6.04 Å². The van der Waals surface area contributed by atoms with Gasteiger partial charge in [0.15, 0.2) is 0 Å². The zero-order chi connectivity index (χ0) is 14.1. The highest BCUT2D eigenvalue weighted by molar-refractivity contribution is 6.35. The second-order valence-electron chi connectivity index (χ2n) is 5.03. The summed E-state index contributed by atoms with van der Waals surface area (Å²) >= 11 is 12.4. The van der Waals surface area contributed by atoms with Gasteiger partial charge in [0.2, 0.25) is 0 Å². The number of halogens is 2. The molecule has 0 bridgehead atoms. The molecular weight excluding hydrogens is 277 g/mol. The maximum Gasteiger partial charge on any atom is 0.0452 e. The first-order valence-corrected chi connectivity index (χ1v) is 8.10. The van der Waals surface area contributed by atoms with Gasteiger partial charge in [-0.15, -0.1) is 0 Å². The molecule has 0 aliphatic heterocycles. The fourth-order valence-corrected chi connectivity index (χ4v) is 2.93. The smallest absolute Gasteiger partial charge is 0.0452 e. The molecular formula is C16H25Cl2N. The highest BCUT2D eigenvalue weighted by Gasteiger charge is 2.09. The lowest BCUT2D eigenvalue weighted by molar-refractivity contribution is 0.438. The van der Waals surface area contributed by atoms with E-state index in [-0.39, 0.29) is 0 Å². The van der Waals surface area contributed by atoms with Gasteiger partial charge in [-0.3, -0.25) is 0 Å². The summed E-state index contributed by atoms with van der Waals surface area (Å²) in [5.74, 6) is 0. The molecule has 1 N–H and O–H groups in total. The summed E-state index contributed by atoms with van der Waals surface area (Å²) in [6.07, 6.45) is 6.95. The Hall–Kier alpha value is -0.240. The quantitative estimate of drug-likeness (QED) is 0.636. The van der Waals surface area contributed by atoms with Crippen LogP contribution in [0.15, 0.2) is 18.2 Å². The molecule has 0 fully saturated rings. The number of nitrogens with one attached hydrogen (secondary N) is 1. The van der Waals surface area contributed by atoms with Gasteiger partial charge >= 0.3 is 0 Å². The molecule has 0 aromatic heterocycles. The van der Waals surface area contributed by atoms with Crippen LogP contribution in [-0.4, -0.2) is 12.6 Å². The van der Waals surface area contributed by atoms with Gasteiger partial charge in [0.25, 0.3) is 0 Å². The Kier molecular flexibility index (Phi) is 8.52. The maximum atomic E-state index is 6.19. The minimum Gasteiger partial charge on any atom is -0.314 e. The van der Waals surface area contributed by atoms with E-state index in [9.17, 15) is 0 Å². The Morgan fingerprint density at radius 2 is 1.74 bits per heavy atom. The fraction of sp³-hybridized carbons (Fsp3) is 0.625. The Morgan fingerprint density at radius 1 is 1.05 bits per heavy atom. The first-order chi connectivity index (χ1) is 9.19. The lowest BCUT2D eigenvalue weighted by Crippen LogP contribution is -2.29. The van der Waals surface area contributed by atoms with Gasteiger partial charge in [0, 0.05) is 16.1 Å². The van der Waals surface area contributed by atoms with Crippen LogP contribution >= 0.6 is 23.2 Å². The first kappa shape index (κ1) is 16.8. The van der Waals surface area contributed by atoms with Crippen LogP contribution < -0.4 is 5.32 Å². The maximum absolute atomic E-state index is 6.19. The van der Waals surface area contributed by atoms with Crippen molar-refractivity contribution in [1.82, 2.24) is 5.32 Å². The highest BCUT2D eigenvalue weighted by Crippen LogP contribution is 2.26. The average Bonchev–Trinajstić information content (AvgIpc) is 2.39. The summed E-state index contributed by atoms with van der Waals surface area (Å²) in [7, 11) is 0. The molecule has 108 valence electrons. The summed E-state index contributed by atoms with van der Waals surface area (Å²) < 4.78 is 0. The first-order valence-electron chi connectivity index (χ1n) is 7.35. The van der Waals surface area contributed by atoms with Crippen LogP contribution in [0, 0.1) is 0 Å². The van der Waals surface area contributed by atoms with Crippen LogP contribution in [-0.2, 0) is 6.42 Å². The summed E-state index contributed by atoms with van der Waals surface area (Å²) in [5.41, 5.74) is 1.09.